The Labute approximate surface area is 130 Å². The minimum atomic E-state index is -1.66. The summed E-state index contributed by atoms with van der Waals surface area (Å²) in [5.74, 6) is -5.28. The third-order valence-electron chi connectivity index (χ3n) is 2.96. The van der Waals surface area contributed by atoms with Crippen molar-refractivity contribution in [3.63, 3.8) is 0 Å². The fraction of sp³-hybridized carbons (Fsp3) is 0.200. The number of ether oxygens (including phenoxy) is 2. The first-order valence-corrected chi connectivity index (χ1v) is 6.45. The van der Waals surface area contributed by atoms with Crippen molar-refractivity contribution in [2.45, 2.75) is 6.29 Å². The third kappa shape index (κ3) is 3.66. The maximum absolute atomic E-state index is 13.6. The van der Waals surface area contributed by atoms with E-state index in [2.05, 4.69) is 10.3 Å². The maximum atomic E-state index is 13.6. The van der Waals surface area contributed by atoms with Crippen LogP contribution in [0.2, 0.25) is 0 Å². The van der Waals surface area contributed by atoms with E-state index in [1.165, 1.54) is 26.4 Å². The van der Waals surface area contributed by atoms with Crippen LogP contribution in [-0.2, 0) is 9.47 Å². The number of methoxy groups -OCH3 is 2. The Morgan fingerprint density at radius 3 is 2.43 bits per heavy atom. The molecular formula is C15H13F3N2O3. The predicted molar refractivity (Wildman–Crippen MR) is 75.3 cm³/mol. The molecule has 0 aliphatic heterocycles. The second kappa shape index (κ2) is 7.21. The molecule has 8 heteroatoms. The van der Waals surface area contributed by atoms with E-state index in [-0.39, 0.29) is 5.69 Å². The number of hydrogen-bond donors (Lipinski definition) is 1. The van der Waals surface area contributed by atoms with Crippen LogP contribution in [0.1, 0.15) is 22.5 Å². The van der Waals surface area contributed by atoms with Crippen molar-refractivity contribution in [3.8, 4) is 0 Å². The van der Waals surface area contributed by atoms with Gasteiger partial charge in [-0.25, -0.2) is 18.2 Å². The average Bonchev–Trinajstić information content (AvgIpc) is 2.57. The Morgan fingerprint density at radius 2 is 1.78 bits per heavy atom. The average molecular weight is 326 g/mol. The molecule has 1 heterocycles. The zero-order valence-electron chi connectivity index (χ0n) is 12.3. The van der Waals surface area contributed by atoms with Crippen molar-refractivity contribution in [3.05, 3.63) is 59.2 Å². The Kier molecular flexibility index (Phi) is 5.30. The molecule has 1 N–H and O–H groups in total. The van der Waals surface area contributed by atoms with E-state index in [1.807, 2.05) is 0 Å². The summed E-state index contributed by atoms with van der Waals surface area (Å²) in [4.78, 5) is 16.1. The molecule has 0 saturated carbocycles. The van der Waals surface area contributed by atoms with Gasteiger partial charge in [0.05, 0.1) is 11.4 Å². The minimum absolute atomic E-state index is 0.0641. The van der Waals surface area contributed by atoms with Gasteiger partial charge in [-0.2, -0.15) is 0 Å². The highest BCUT2D eigenvalue weighted by atomic mass is 19.2. The summed E-state index contributed by atoms with van der Waals surface area (Å²) in [5, 5.41) is 2.13. The van der Waals surface area contributed by atoms with Crippen LogP contribution >= 0.6 is 0 Å². The summed E-state index contributed by atoms with van der Waals surface area (Å²) in [6.45, 7) is 0. The second-order valence-electron chi connectivity index (χ2n) is 4.43. The first-order valence-electron chi connectivity index (χ1n) is 6.45. The van der Waals surface area contributed by atoms with Crippen molar-refractivity contribution in [1.82, 2.24) is 4.98 Å². The number of rotatable bonds is 5. The van der Waals surface area contributed by atoms with Gasteiger partial charge >= 0.3 is 0 Å². The number of carbonyl (C=O) groups is 1. The second-order valence-corrected chi connectivity index (χ2v) is 4.43. The molecule has 2 aromatic rings. The van der Waals surface area contributed by atoms with Crippen LogP contribution in [0.25, 0.3) is 0 Å². The van der Waals surface area contributed by atoms with Crippen molar-refractivity contribution in [2.75, 3.05) is 19.5 Å². The van der Waals surface area contributed by atoms with Gasteiger partial charge in [0.25, 0.3) is 5.91 Å². The fourth-order valence-electron chi connectivity index (χ4n) is 1.86. The van der Waals surface area contributed by atoms with Gasteiger partial charge in [0.1, 0.15) is 5.69 Å². The lowest BCUT2D eigenvalue weighted by atomic mass is 10.2. The van der Waals surface area contributed by atoms with Crippen LogP contribution in [0.3, 0.4) is 0 Å². The number of hydrogen-bond acceptors (Lipinski definition) is 4. The smallest absolute Gasteiger partial charge is 0.274 e. The number of amides is 1. The molecule has 1 amide bonds. The minimum Gasteiger partial charge on any atom is -0.350 e. The van der Waals surface area contributed by atoms with Gasteiger partial charge in [0, 0.05) is 14.2 Å². The molecule has 0 aliphatic rings. The van der Waals surface area contributed by atoms with Gasteiger partial charge < -0.3 is 14.8 Å². The van der Waals surface area contributed by atoms with Crippen LogP contribution in [0.15, 0.2) is 30.3 Å². The highest BCUT2D eigenvalue weighted by Crippen LogP contribution is 2.20. The molecule has 122 valence electrons. The number of nitrogens with zero attached hydrogens (tertiary/aromatic N) is 1. The van der Waals surface area contributed by atoms with E-state index in [1.54, 1.807) is 6.07 Å². The molecule has 0 fully saturated rings. The molecule has 5 nitrogen and oxygen atoms in total. The molecular weight excluding hydrogens is 313 g/mol. The topological polar surface area (TPSA) is 60.5 Å². The number of aromatic nitrogens is 1. The number of carbonyl (C=O) groups excluding carboxylic acids is 1. The molecule has 0 bridgehead atoms. The lowest BCUT2D eigenvalue weighted by Crippen LogP contribution is -2.17. The van der Waals surface area contributed by atoms with E-state index in [0.717, 1.165) is 6.07 Å². The normalized spacial score (nSPS) is 10.9. The summed E-state index contributed by atoms with van der Waals surface area (Å²) < 4.78 is 49.6. The van der Waals surface area contributed by atoms with Crippen LogP contribution in [-0.4, -0.2) is 25.1 Å². The summed E-state index contributed by atoms with van der Waals surface area (Å²) in [6, 6.07) is 6.11. The molecule has 0 unspecified atom stereocenters. The van der Waals surface area contributed by atoms with Crippen LogP contribution < -0.4 is 5.32 Å². The summed E-state index contributed by atoms with van der Waals surface area (Å²) in [7, 11) is 2.80. The van der Waals surface area contributed by atoms with Crippen molar-refractivity contribution < 1.29 is 27.4 Å². The van der Waals surface area contributed by atoms with Crippen LogP contribution in [0.5, 0.6) is 0 Å². The van der Waals surface area contributed by atoms with Crippen LogP contribution in [0, 0.1) is 17.5 Å². The van der Waals surface area contributed by atoms with E-state index in [9.17, 15) is 18.0 Å². The van der Waals surface area contributed by atoms with Gasteiger partial charge in [-0.05, 0) is 24.3 Å². The van der Waals surface area contributed by atoms with Gasteiger partial charge in [-0.1, -0.05) is 6.07 Å². The van der Waals surface area contributed by atoms with E-state index < -0.39 is 35.3 Å². The van der Waals surface area contributed by atoms with Crippen molar-refractivity contribution in [1.29, 1.82) is 0 Å². The predicted octanol–water partition coefficient (Wildman–Crippen LogP) is 3.04. The van der Waals surface area contributed by atoms with Gasteiger partial charge in [0.15, 0.2) is 17.5 Å². The highest BCUT2D eigenvalue weighted by Gasteiger charge is 2.18. The molecule has 1 aromatic carbocycles. The molecule has 23 heavy (non-hydrogen) atoms. The van der Waals surface area contributed by atoms with E-state index in [4.69, 9.17) is 9.47 Å². The quantitative estimate of drug-likeness (QED) is 0.678. The molecule has 0 saturated heterocycles. The maximum Gasteiger partial charge on any atom is 0.274 e. The molecule has 1 aromatic heterocycles. The lowest BCUT2D eigenvalue weighted by Gasteiger charge is -2.13. The van der Waals surface area contributed by atoms with Gasteiger partial charge in [-0.15, -0.1) is 0 Å². The number of benzene rings is 1. The molecule has 2 rings (SSSR count). The van der Waals surface area contributed by atoms with Gasteiger partial charge in [0.2, 0.25) is 6.29 Å². The first kappa shape index (κ1) is 16.9. The zero-order valence-corrected chi connectivity index (χ0v) is 12.3. The largest absolute Gasteiger partial charge is 0.350 e. The lowest BCUT2D eigenvalue weighted by molar-refractivity contribution is -0.108. The summed E-state index contributed by atoms with van der Waals surface area (Å²) >= 11 is 0. The Balaban J connectivity index is 2.25. The number of pyridine rings is 1. The molecule has 0 spiro atoms. The number of nitrogens with one attached hydrogen (secondary N) is 1. The van der Waals surface area contributed by atoms with Gasteiger partial charge in [-0.3, -0.25) is 4.79 Å². The van der Waals surface area contributed by atoms with E-state index >= 15 is 0 Å². The fourth-order valence-corrected chi connectivity index (χ4v) is 1.86. The van der Waals surface area contributed by atoms with Crippen molar-refractivity contribution in [2.24, 2.45) is 0 Å². The summed E-state index contributed by atoms with van der Waals surface area (Å²) in [6.07, 6.45) is -0.775. The summed E-state index contributed by atoms with van der Waals surface area (Å²) in [5.41, 5.74) is -0.227. The van der Waals surface area contributed by atoms with Crippen molar-refractivity contribution >= 4 is 11.6 Å². The highest BCUT2D eigenvalue weighted by molar-refractivity contribution is 6.02. The Hall–Kier alpha value is -2.45. The standard InChI is InChI=1S/C15H13F3N2O3/c1-22-15(23-2)11-5-3-4-10(19-11)14(21)20-9-7-6-8(16)12(17)13(9)18/h3-7,15H,1-2H3,(H,20,21). The number of halogens is 3. The zero-order chi connectivity index (χ0) is 17.0. The SMILES string of the molecule is COC(OC)c1cccc(C(=O)Nc2ccc(F)c(F)c2F)n1. The molecule has 0 atom stereocenters. The first-order chi connectivity index (χ1) is 11.0. The molecule has 0 aliphatic carbocycles. The number of anilines is 1. The Morgan fingerprint density at radius 1 is 1.09 bits per heavy atom. The van der Waals surface area contributed by atoms with Crippen LogP contribution in [0.4, 0.5) is 18.9 Å². The Bertz CT molecular complexity index is 721. The third-order valence-corrected chi connectivity index (χ3v) is 2.96. The van der Waals surface area contributed by atoms with E-state index in [0.29, 0.717) is 11.8 Å². The monoisotopic (exact) mass is 326 g/mol. The molecule has 0 radical (unpaired) electrons.